The zero-order chi connectivity index (χ0) is 15.1. The molecule has 1 amide bonds. The highest BCUT2D eigenvalue weighted by Crippen LogP contribution is 2.38. The van der Waals surface area contributed by atoms with E-state index < -0.39 is 11.4 Å². The molecule has 1 aliphatic rings. The Balaban J connectivity index is 2.23. The molecule has 1 unspecified atom stereocenters. The van der Waals surface area contributed by atoms with Crippen molar-refractivity contribution in [3.63, 3.8) is 0 Å². The molecule has 0 spiro atoms. The lowest BCUT2D eigenvalue weighted by molar-refractivity contribution is -0.150. The Hall–Kier alpha value is -1.43. The van der Waals surface area contributed by atoms with Gasteiger partial charge in [0.1, 0.15) is 5.69 Å². The lowest BCUT2D eigenvalue weighted by Gasteiger charge is -2.28. The molecule has 5 nitrogen and oxygen atoms in total. The molecule has 0 saturated carbocycles. The lowest BCUT2D eigenvalue weighted by atomic mass is 9.76. The first kappa shape index (κ1) is 15.0. The number of nitrogens with zero attached hydrogens (tertiary/aromatic N) is 2. The summed E-state index contributed by atoms with van der Waals surface area (Å²) in [7, 11) is 0. The maximum atomic E-state index is 12.5. The predicted molar refractivity (Wildman–Crippen MR) is 77.0 cm³/mol. The summed E-state index contributed by atoms with van der Waals surface area (Å²) in [5.74, 6) is -0.958. The van der Waals surface area contributed by atoms with E-state index in [9.17, 15) is 14.7 Å². The van der Waals surface area contributed by atoms with Crippen molar-refractivity contribution in [3.8, 4) is 0 Å². The highest BCUT2D eigenvalue weighted by molar-refractivity contribution is 7.11. The molecule has 0 aliphatic carbocycles. The summed E-state index contributed by atoms with van der Waals surface area (Å²) >= 11 is 1.49. The molecule has 1 aromatic rings. The first-order valence-corrected chi connectivity index (χ1v) is 7.56. The van der Waals surface area contributed by atoms with Crippen LogP contribution in [-0.4, -0.2) is 40.0 Å². The molecule has 1 atom stereocenters. The first-order valence-electron chi connectivity index (χ1n) is 6.74. The minimum absolute atomic E-state index is 0.00364. The molecule has 1 aliphatic heterocycles. The van der Waals surface area contributed by atoms with Crippen LogP contribution < -0.4 is 0 Å². The van der Waals surface area contributed by atoms with Crippen LogP contribution in [-0.2, 0) is 4.79 Å². The number of carbonyl (C=O) groups is 2. The maximum Gasteiger partial charge on any atom is 0.311 e. The van der Waals surface area contributed by atoms with Gasteiger partial charge in [0.25, 0.3) is 5.91 Å². The zero-order valence-electron chi connectivity index (χ0n) is 12.3. The van der Waals surface area contributed by atoms with Gasteiger partial charge in [-0.2, -0.15) is 0 Å². The number of thiazole rings is 1. The highest BCUT2D eigenvalue weighted by atomic mass is 32.1. The molecule has 1 fully saturated rings. The van der Waals surface area contributed by atoms with Gasteiger partial charge >= 0.3 is 5.97 Å². The molecule has 2 heterocycles. The summed E-state index contributed by atoms with van der Waals surface area (Å²) in [6.45, 7) is 8.31. The van der Waals surface area contributed by atoms with E-state index in [1.807, 2.05) is 27.7 Å². The van der Waals surface area contributed by atoms with E-state index in [4.69, 9.17) is 0 Å². The van der Waals surface area contributed by atoms with Crippen molar-refractivity contribution in [2.75, 3.05) is 13.1 Å². The zero-order valence-corrected chi connectivity index (χ0v) is 13.1. The van der Waals surface area contributed by atoms with E-state index in [0.29, 0.717) is 18.7 Å². The van der Waals surface area contributed by atoms with Gasteiger partial charge in [0.2, 0.25) is 0 Å². The van der Waals surface area contributed by atoms with Crippen LogP contribution in [0.2, 0.25) is 0 Å². The number of aromatic nitrogens is 1. The Morgan fingerprint density at radius 1 is 1.40 bits per heavy atom. The van der Waals surface area contributed by atoms with E-state index >= 15 is 0 Å². The Morgan fingerprint density at radius 3 is 2.45 bits per heavy atom. The van der Waals surface area contributed by atoms with Crippen LogP contribution in [0.1, 0.15) is 40.6 Å². The van der Waals surface area contributed by atoms with Crippen molar-refractivity contribution in [2.45, 2.75) is 34.1 Å². The fraction of sp³-hybridized carbons (Fsp3) is 0.643. The van der Waals surface area contributed by atoms with Crippen LogP contribution in [0, 0.1) is 25.2 Å². The summed E-state index contributed by atoms with van der Waals surface area (Å²) in [5.41, 5.74) is -0.355. The Labute approximate surface area is 122 Å². The molecule has 1 N–H and O–H groups in total. The predicted octanol–water partition coefficient (Wildman–Crippen LogP) is 2.33. The van der Waals surface area contributed by atoms with Gasteiger partial charge in [-0.05, 0) is 26.2 Å². The average molecular weight is 296 g/mol. The number of carboxylic acid groups (broad SMARTS) is 1. The Bertz CT molecular complexity index is 553. The lowest BCUT2D eigenvalue weighted by Crippen LogP contribution is -2.40. The first-order chi connectivity index (χ1) is 9.28. The van der Waals surface area contributed by atoms with Crippen LogP contribution >= 0.6 is 11.3 Å². The van der Waals surface area contributed by atoms with Gasteiger partial charge in [-0.3, -0.25) is 9.59 Å². The normalized spacial score (nSPS) is 22.6. The molecule has 0 aromatic carbocycles. The minimum atomic E-state index is -0.825. The number of aryl methyl sites for hydroxylation is 2. The molecule has 1 saturated heterocycles. The number of hydrogen-bond donors (Lipinski definition) is 1. The second-order valence-electron chi connectivity index (χ2n) is 5.73. The van der Waals surface area contributed by atoms with E-state index in [2.05, 4.69) is 4.98 Å². The van der Waals surface area contributed by atoms with E-state index in [1.165, 1.54) is 11.3 Å². The molecule has 1 aromatic heterocycles. The maximum absolute atomic E-state index is 12.5. The monoisotopic (exact) mass is 296 g/mol. The second kappa shape index (κ2) is 5.16. The van der Waals surface area contributed by atoms with Gasteiger partial charge in [0.05, 0.1) is 10.4 Å². The fourth-order valence-corrected chi connectivity index (χ4v) is 3.59. The second-order valence-corrected chi connectivity index (χ2v) is 7.14. The highest BCUT2D eigenvalue weighted by Gasteiger charge is 2.48. The third-order valence-corrected chi connectivity index (χ3v) is 5.11. The summed E-state index contributed by atoms with van der Waals surface area (Å²) in [4.78, 5) is 30.9. The summed E-state index contributed by atoms with van der Waals surface area (Å²) in [5, 5.41) is 10.4. The van der Waals surface area contributed by atoms with Crippen molar-refractivity contribution in [3.05, 3.63) is 15.6 Å². The van der Waals surface area contributed by atoms with E-state index in [-0.39, 0.29) is 18.4 Å². The van der Waals surface area contributed by atoms with Crippen LogP contribution in [0.5, 0.6) is 0 Å². The smallest absolute Gasteiger partial charge is 0.311 e. The molecule has 20 heavy (non-hydrogen) atoms. The average Bonchev–Trinajstić information content (AvgIpc) is 2.93. The quantitative estimate of drug-likeness (QED) is 0.929. The van der Waals surface area contributed by atoms with Crippen molar-refractivity contribution < 1.29 is 14.7 Å². The number of amides is 1. The summed E-state index contributed by atoms with van der Waals surface area (Å²) in [6.07, 6.45) is 0.508. The van der Waals surface area contributed by atoms with Crippen LogP contribution in [0.15, 0.2) is 0 Å². The fourth-order valence-electron chi connectivity index (χ4n) is 2.78. The van der Waals surface area contributed by atoms with Crippen molar-refractivity contribution >= 4 is 23.2 Å². The van der Waals surface area contributed by atoms with Crippen LogP contribution in [0.25, 0.3) is 0 Å². The van der Waals surface area contributed by atoms with Crippen molar-refractivity contribution in [2.24, 2.45) is 11.3 Å². The third kappa shape index (κ3) is 2.32. The Morgan fingerprint density at radius 2 is 2.05 bits per heavy atom. The molecular formula is C14H20N2O3S. The van der Waals surface area contributed by atoms with E-state index in [0.717, 1.165) is 9.88 Å². The van der Waals surface area contributed by atoms with E-state index in [1.54, 1.807) is 4.90 Å². The molecule has 6 heteroatoms. The molecule has 110 valence electrons. The van der Waals surface area contributed by atoms with Crippen molar-refractivity contribution in [1.82, 2.24) is 9.88 Å². The van der Waals surface area contributed by atoms with Gasteiger partial charge in [-0.15, -0.1) is 11.3 Å². The van der Waals surface area contributed by atoms with Crippen molar-refractivity contribution in [1.29, 1.82) is 0 Å². The minimum Gasteiger partial charge on any atom is -0.481 e. The number of likely N-dealkylation sites (tertiary alicyclic amines) is 1. The number of rotatable bonds is 3. The van der Waals surface area contributed by atoms with Gasteiger partial charge in [0, 0.05) is 18.0 Å². The number of hydrogen-bond acceptors (Lipinski definition) is 4. The SMILES string of the molecule is Cc1nc(C(=O)N2CCC(C(=O)O)(C(C)C)C2)c(C)s1. The summed E-state index contributed by atoms with van der Waals surface area (Å²) < 4.78 is 0. The van der Waals surface area contributed by atoms with Gasteiger partial charge in [0.15, 0.2) is 0 Å². The molecule has 2 rings (SSSR count). The molecular weight excluding hydrogens is 276 g/mol. The van der Waals surface area contributed by atoms with Gasteiger partial charge in [-0.1, -0.05) is 13.8 Å². The number of carbonyl (C=O) groups excluding carboxylic acids is 1. The topological polar surface area (TPSA) is 70.5 Å². The third-order valence-electron chi connectivity index (χ3n) is 4.23. The van der Waals surface area contributed by atoms with Crippen LogP contribution in [0.3, 0.4) is 0 Å². The summed E-state index contributed by atoms with van der Waals surface area (Å²) in [6, 6.07) is 0. The Kier molecular flexibility index (Phi) is 3.86. The van der Waals surface area contributed by atoms with Gasteiger partial charge < -0.3 is 10.0 Å². The molecule has 0 bridgehead atoms. The number of carboxylic acids is 1. The molecule has 0 radical (unpaired) electrons. The van der Waals surface area contributed by atoms with Crippen LogP contribution in [0.4, 0.5) is 0 Å². The number of aliphatic carboxylic acids is 1. The largest absolute Gasteiger partial charge is 0.481 e. The standard InChI is InChI=1S/C14H20N2O3S/c1-8(2)14(13(18)19)5-6-16(7-14)12(17)11-9(3)20-10(4)15-11/h8H,5-7H2,1-4H3,(H,18,19). The van der Waals surface area contributed by atoms with Gasteiger partial charge in [-0.25, -0.2) is 4.98 Å².